The molecule has 0 atom stereocenters. The smallest absolute Gasteiger partial charge is 0.238 e. The van der Waals surface area contributed by atoms with Crippen molar-refractivity contribution >= 4 is 34.8 Å². The highest BCUT2D eigenvalue weighted by Crippen LogP contribution is 2.28. The molecule has 5 nitrogen and oxygen atoms in total. The lowest BCUT2D eigenvalue weighted by atomic mass is 10.1. The van der Waals surface area contributed by atoms with Gasteiger partial charge in [0.05, 0.1) is 26.5 Å². The molecule has 25 heavy (non-hydrogen) atoms. The molecule has 1 amide bonds. The summed E-state index contributed by atoms with van der Waals surface area (Å²) in [6.45, 7) is 0.801. The number of benzene rings is 2. The number of carbonyl (C=O) groups excluding carboxylic acids is 1. The van der Waals surface area contributed by atoms with E-state index in [0.717, 1.165) is 5.56 Å². The molecule has 0 aliphatic heterocycles. The molecule has 2 rings (SSSR count). The Kier molecular flexibility index (Phi) is 7.37. The standard InChI is InChI=1S/C18H20Cl2N2O3/c1-24-14-5-6-16(17(10-14)25-2)22-18(23)11-21-8-7-12-3-4-13(19)9-15(12)20/h3-6,9-10,21H,7-8,11H2,1-2H3,(H,22,23). The van der Waals surface area contributed by atoms with Gasteiger partial charge in [0.1, 0.15) is 11.5 Å². The highest BCUT2D eigenvalue weighted by Gasteiger charge is 2.09. The number of rotatable bonds is 8. The normalized spacial score (nSPS) is 10.4. The zero-order valence-electron chi connectivity index (χ0n) is 14.1. The minimum atomic E-state index is -0.161. The summed E-state index contributed by atoms with van der Waals surface area (Å²) in [4.78, 5) is 12.1. The van der Waals surface area contributed by atoms with E-state index in [4.69, 9.17) is 32.7 Å². The summed E-state index contributed by atoms with van der Waals surface area (Å²) < 4.78 is 10.4. The molecule has 0 heterocycles. The zero-order valence-corrected chi connectivity index (χ0v) is 15.6. The third-order valence-corrected chi connectivity index (χ3v) is 4.14. The van der Waals surface area contributed by atoms with Crippen LogP contribution in [0.1, 0.15) is 5.56 Å². The van der Waals surface area contributed by atoms with E-state index in [1.54, 1.807) is 44.6 Å². The average molecular weight is 383 g/mol. The first-order chi connectivity index (χ1) is 12.0. The van der Waals surface area contributed by atoms with Gasteiger partial charge in [0, 0.05) is 16.1 Å². The van der Waals surface area contributed by atoms with Crippen molar-refractivity contribution in [1.82, 2.24) is 5.32 Å². The predicted molar refractivity (Wildman–Crippen MR) is 101 cm³/mol. The number of hydrogen-bond acceptors (Lipinski definition) is 4. The molecule has 0 aromatic heterocycles. The molecule has 0 saturated carbocycles. The van der Waals surface area contributed by atoms with Crippen molar-refractivity contribution < 1.29 is 14.3 Å². The summed E-state index contributed by atoms with van der Waals surface area (Å²) in [5.74, 6) is 1.04. The second kappa shape index (κ2) is 9.51. The number of amides is 1. The number of halogens is 2. The van der Waals surface area contributed by atoms with Gasteiger partial charge in [-0.15, -0.1) is 0 Å². The van der Waals surface area contributed by atoms with Gasteiger partial charge in [-0.1, -0.05) is 29.3 Å². The number of methoxy groups -OCH3 is 2. The summed E-state index contributed by atoms with van der Waals surface area (Å²) in [6, 6.07) is 10.6. The molecule has 0 bridgehead atoms. The van der Waals surface area contributed by atoms with Crippen molar-refractivity contribution in [3.8, 4) is 11.5 Å². The number of ether oxygens (including phenoxy) is 2. The summed E-state index contributed by atoms with van der Waals surface area (Å²) in [5.41, 5.74) is 1.58. The van der Waals surface area contributed by atoms with Gasteiger partial charge in [-0.3, -0.25) is 4.79 Å². The minimum absolute atomic E-state index is 0.161. The molecule has 0 aliphatic rings. The lowest BCUT2D eigenvalue weighted by molar-refractivity contribution is -0.115. The largest absolute Gasteiger partial charge is 0.497 e. The fourth-order valence-corrected chi connectivity index (χ4v) is 2.75. The van der Waals surface area contributed by atoms with Crippen LogP contribution in [0.2, 0.25) is 10.0 Å². The van der Waals surface area contributed by atoms with Crippen LogP contribution in [0, 0.1) is 0 Å². The van der Waals surface area contributed by atoms with Gasteiger partial charge >= 0.3 is 0 Å². The molecule has 7 heteroatoms. The number of hydrogen-bond donors (Lipinski definition) is 2. The molecule has 0 saturated heterocycles. The van der Waals surface area contributed by atoms with E-state index in [-0.39, 0.29) is 12.5 Å². The van der Waals surface area contributed by atoms with E-state index in [9.17, 15) is 4.79 Å². The van der Waals surface area contributed by atoms with Crippen molar-refractivity contribution in [3.05, 3.63) is 52.0 Å². The van der Waals surface area contributed by atoms with Crippen molar-refractivity contribution in [2.24, 2.45) is 0 Å². The van der Waals surface area contributed by atoms with Crippen molar-refractivity contribution in [2.75, 3.05) is 32.6 Å². The molecule has 0 fully saturated rings. The Bertz CT molecular complexity index is 738. The van der Waals surface area contributed by atoms with E-state index >= 15 is 0 Å². The molecule has 2 aromatic rings. The number of carbonyl (C=O) groups is 1. The molecule has 2 N–H and O–H groups in total. The fraction of sp³-hybridized carbons (Fsp3) is 0.278. The minimum Gasteiger partial charge on any atom is -0.497 e. The molecule has 0 unspecified atom stereocenters. The van der Waals surface area contributed by atoms with Crippen LogP contribution >= 0.6 is 23.2 Å². The Balaban J connectivity index is 1.81. The Morgan fingerprint density at radius 2 is 1.88 bits per heavy atom. The van der Waals surface area contributed by atoms with Gasteiger partial charge in [0.15, 0.2) is 0 Å². The van der Waals surface area contributed by atoms with Gasteiger partial charge in [-0.2, -0.15) is 0 Å². The van der Waals surface area contributed by atoms with Gasteiger partial charge in [0.25, 0.3) is 0 Å². The Morgan fingerprint density at radius 1 is 1.08 bits per heavy atom. The van der Waals surface area contributed by atoms with Crippen LogP contribution in [-0.4, -0.2) is 33.2 Å². The van der Waals surface area contributed by atoms with Crippen LogP contribution in [-0.2, 0) is 11.2 Å². The fourth-order valence-electron chi connectivity index (χ4n) is 2.25. The second-order valence-electron chi connectivity index (χ2n) is 5.28. The Hall–Kier alpha value is -1.95. The first-order valence-corrected chi connectivity index (χ1v) is 8.45. The van der Waals surface area contributed by atoms with Gasteiger partial charge in [-0.25, -0.2) is 0 Å². The summed E-state index contributed by atoms with van der Waals surface area (Å²) in [7, 11) is 3.11. The monoisotopic (exact) mass is 382 g/mol. The van der Waals surface area contributed by atoms with E-state index in [1.807, 2.05) is 6.07 Å². The molecular weight excluding hydrogens is 363 g/mol. The van der Waals surface area contributed by atoms with Crippen LogP contribution in [0.3, 0.4) is 0 Å². The Morgan fingerprint density at radius 3 is 2.56 bits per heavy atom. The third-order valence-electron chi connectivity index (χ3n) is 3.55. The van der Waals surface area contributed by atoms with Crippen molar-refractivity contribution in [3.63, 3.8) is 0 Å². The van der Waals surface area contributed by atoms with E-state index in [0.29, 0.717) is 40.2 Å². The summed E-state index contributed by atoms with van der Waals surface area (Å²) in [5, 5.41) is 7.12. The van der Waals surface area contributed by atoms with Crippen molar-refractivity contribution in [2.45, 2.75) is 6.42 Å². The van der Waals surface area contributed by atoms with Crippen LogP contribution in [0.4, 0.5) is 5.69 Å². The van der Waals surface area contributed by atoms with Crippen LogP contribution in [0.25, 0.3) is 0 Å². The maximum Gasteiger partial charge on any atom is 0.238 e. The summed E-state index contributed by atoms with van der Waals surface area (Å²) >= 11 is 12.0. The summed E-state index contributed by atoms with van der Waals surface area (Å²) in [6.07, 6.45) is 0.704. The van der Waals surface area contributed by atoms with Crippen LogP contribution in [0.15, 0.2) is 36.4 Å². The second-order valence-corrected chi connectivity index (χ2v) is 6.12. The van der Waals surface area contributed by atoms with E-state index < -0.39 is 0 Å². The quantitative estimate of drug-likeness (QED) is 0.682. The van der Waals surface area contributed by atoms with Gasteiger partial charge in [0.2, 0.25) is 5.91 Å². The SMILES string of the molecule is COc1ccc(NC(=O)CNCCc2ccc(Cl)cc2Cl)c(OC)c1. The highest BCUT2D eigenvalue weighted by atomic mass is 35.5. The first-order valence-electron chi connectivity index (χ1n) is 7.70. The van der Waals surface area contributed by atoms with E-state index in [1.165, 1.54) is 0 Å². The number of anilines is 1. The molecule has 0 spiro atoms. The first kappa shape index (κ1) is 19.4. The molecular formula is C18H20Cl2N2O3. The predicted octanol–water partition coefficient (Wildman–Crippen LogP) is 3.78. The van der Waals surface area contributed by atoms with Gasteiger partial charge in [-0.05, 0) is 42.8 Å². The molecule has 0 radical (unpaired) electrons. The third kappa shape index (κ3) is 5.81. The molecule has 134 valence electrons. The van der Waals surface area contributed by atoms with Crippen molar-refractivity contribution in [1.29, 1.82) is 0 Å². The maximum atomic E-state index is 12.1. The van der Waals surface area contributed by atoms with E-state index in [2.05, 4.69) is 10.6 Å². The average Bonchev–Trinajstić information content (AvgIpc) is 2.60. The van der Waals surface area contributed by atoms with Crippen LogP contribution < -0.4 is 20.1 Å². The Labute approximate surface area is 157 Å². The number of nitrogens with one attached hydrogen (secondary N) is 2. The topological polar surface area (TPSA) is 59.6 Å². The molecule has 2 aromatic carbocycles. The maximum absolute atomic E-state index is 12.1. The lowest BCUT2D eigenvalue weighted by Gasteiger charge is -2.12. The van der Waals surface area contributed by atoms with Gasteiger partial charge < -0.3 is 20.1 Å². The van der Waals surface area contributed by atoms with Crippen LogP contribution in [0.5, 0.6) is 11.5 Å². The highest BCUT2D eigenvalue weighted by molar-refractivity contribution is 6.35. The lowest BCUT2D eigenvalue weighted by Crippen LogP contribution is -2.29. The molecule has 0 aliphatic carbocycles. The zero-order chi connectivity index (χ0) is 18.2.